The van der Waals surface area contributed by atoms with E-state index in [0.29, 0.717) is 49.9 Å². The summed E-state index contributed by atoms with van der Waals surface area (Å²) in [5.74, 6) is -12.2. The van der Waals surface area contributed by atoms with E-state index in [1.807, 2.05) is 48.5 Å². The van der Waals surface area contributed by atoms with Crippen molar-refractivity contribution in [2.75, 3.05) is 47.8 Å². The first-order valence-electron chi connectivity index (χ1n) is 35.4. The summed E-state index contributed by atoms with van der Waals surface area (Å²) in [5.41, 5.74) is 1.25. The van der Waals surface area contributed by atoms with Gasteiger partial charge in [0.05, 0.1) is 25.1 Å². The number of amides is 12. The molecule has 2 aliphatic heterocycles. The monoisotopic (exact) mass is 1380 g/mol. The Morgan fingerprint density at radius 3 is 1.56 bits per heavy atom. The van der Waals surface area contributed by atoms with Crippen molar-refractivity contribution in [2.45, 2.75) is 226 Å². The fourth-order valence-electron chi connectivity index (χ4n) is 13.4. The van der Waals surface area contributed by atoms with Gasteiger partial charge in [0.2, 0.25) is 70.9 Å². The van der Waals surface area contributed by atoms with E-state index in [1.165, 1.54) is 63.7 Å². The number of ketones is 1. The van der Waals surface area contributed by atoms with E-state index in [4.69, 9.17) is 0 Å². The first-order chi connectivity index (χ1) is 46.7. The lowest BCUT2D eigenvalue weighted by Crippen LogP contribution is -2.61. The maximum absolute atomic E-state index is 15.2. The summed E-state index contributed by atoms with van der Waals surface area (Å²) in [6.45, 7) is 18.8. The number of benzene rings is 2. The number of hydrogen-bond donors (Lipinski definition) is 8. The number of fused-ring (bicyclic) bond motifs is 1. The maximum Gasteiger partial charge on any atom is 0.246 e. The van der Waals surface area contributed by atoms with Gasteiger partial charge in [0.25, 0.3) is 0 Å². The molecule has 1 unspecified atom stereocenters. The van der Waals surface area contributed by atoms with E-state index in [1.54, 1.807) is 72.5 Å². The molecule has 3 fully saturated rings. The molecule has 2 saturated heterocycles. The van der Waals surface area contributed by atoms with Gasteiger partial charge >= 0.3 is 0 Å². The molecule has 548 valence electrons. The number of aliphatic hydroxyl groups excluding tert-OH is 1. The summed E-state index contributed by atoms with van der Waals surface area (Å²) >= 11 is 0. The highest BCUT2D eigenvalue weighted by Gasteiger charge is 2.46. The number of likely N-dealkylation sites (tertiary alicyclic amines) is 1. The van der Waals surface area contributed by atoms with Crippen LogP contribution in [-0.4, -0.2) is 221 Å². The molecule has 2 aromatic rings. The molecule has 2 heterocycles. The Kier molecular flexibility index (Phi) is 31.5. The highest BCUT2D eigenvalue weighted by atomic mass is 16.3. The van der Waals surface area contributed by atoms with Gasteiger partial charge in [-0.15, -0.1) is 0 Å². The SMILES string of the molecule is CC[C@H](C)[C@H]1C(=O)N(C)[C@@H](Cc2ccccc2)C(=O)NCC(=O)N[C@@H]([C@@H](C)O)C(=O)N[C@@H](Cc2ccccc2)C(=O)N(C)[C@@H](CC(C)C)C(=O)C2CCC[C@H]2C(=O)N[C@H](C(=O)N2CCCCC2)CC(=O)N[C@H](C)C(=O)N[C@@H](CC(C)C)C(=O)N(C)[C@@H](C)C(=O)N[C@@H](CC(C)C)C(=O)N1C. The maximum atomic E-state index is 15.2. The standard InChI is InChI=1S/C73H112N12O14/c1-16-45(8)62-73(99)83(14)58(39-50-29-22-18-23-30-50)67(93)74-41-60(88)80-61(48(11)86)68(94)79-55(38-49-27-20-17-21-28-49)70(96)82(13)57(37-44(6)7)63(89)51-31-26-32-52(51)66(92)78-56(72(98)85-33-24-19-25-34-85)40-59(87)75-46(9)64(90)76-53(35-42(2)3)69(95)81(12)47(10)65(91)77-54(36-43(4)5)71(97)84(62)15/h17-18,20-23,27-30,42-48,51-58,61-62,86H,16,19,24-26,31-41H2,1-15H3,(H,74,93)(H,75,87)(H,76,90)(H,77,91)(H,78,92)(H,79,94)(H,80,88)/t45-,46+,47-,48+,51?,52+,53-,54-,55-,56-,57-,58-,61-,62-/m0/s1. The van der Waals surface area contributed by atoms with Crippen molar-refractivity contribution in [2.24, 2.45) is 35.5 Å². The van der Waals surface area contributed by atoms with Gasteiger partial charge < -0.3 is 66.8 Å². The van der Waals surface area contributed by atoms with Crippen molar-refractivity contribution in [3.05, 3.63) is 71.8 Å². The van der Waals surface area contributed by atoms with Crippen LogP contribution in [0.1, 0.15) is 158 Å². The summed E-state index contributed by atoms with van der Waals surface area (Å²) in [6, 6.07) is 4.39. The molecular formula is C73H112N12O14. The molecule has 3 aliphatic rings. The number of aliphatic hydroxyl groups is 1. The molecular weight excluding hydrogens is 1270 g/mol. The lowest BCUT2D eigenvalue weighted by Gasteiger charge is -2.38. The third-order valence-electron chi connectivity index (χ3n) is 19.4. The van der Waals surface area contributed by atoms with E-state index >= 15 is 14.4 Å². The van der Waals surface area contributed by atoms with Gasteiger partial charge in [-0.2, -0.15) is 0 Å². The third-order valence-corrected chi connectivity index (χ3v) is 19.4. The van der Waals surface area contributed by atoms with Crippen LogP contribution in [0.4, 0.5) is 0 Å². The predicted molar refractivity (Wildman–Crippen MR) is 373 cm³/mol. The lowest BCUT2D eigenvalue weighted by atomic mass is 9.84. The van der Waals surface area contributed by atoms with Crippen LogP contribution < -0.4 is 37.2 Å². The summed E-state index contributed by atoms with van der Waals surface area (Å²) < 4.78 is 0. The third kappa shape index (κ3) is 23.1. The molecule has 26 heteroatoms. The summed E-state index contributed by atoms with van der Waals surface area (Å²) in [7, 11) is 5.67. The fourth-order valence-corrected chi connectivity index (χ4v) is 13.4. The van der Waals surface area contributed by atoms with Crippen LogP contribution in [0.25, 0.3) is 0 Å². The number of nitrogens with one attached hydrogen (secondary N) is 7. The van der Waals surface area contributed by atoms with Crippen molar-refractivity contribution in [1.29, 1.82) is 0 Å². The molecule has 5 rings (SSSR count). The number of hydrogen-bond acceptors (Lipinski definition) is 14. The number of rotatable bonds is 14. The number of carbonyl (C=O) groups excluding carboxylic acids is 13. The molecule has 0 bridgehead atoms. The van der Waals surface area contributed by atoms with Gasteiger partial charge in [0.1, 0.15) is 54.4 Å². The van der Waals surface area contributed by atoms with Crippen LogP contribution in [0.2, 0.25) is 0 Å². The molecule has 12 amide bonds. The van der Waals surface area contributed by atoms with Gasteiger partial charge in [0.15, 0.2) is 5.78 Å². The van der Waals surface area contributed by atoms with Gasteiger partial charge in [-0.3, -0.25) is 62.3 Å². The summed E-state index contributed by atoms with van der Waals surface area (Å²) in [4.78, 5) is 197. The van der Waals surface area contributed by atoms with Gasteiger partial charge in [-0.05, 0) is 107 Å². The van der Waals surface area contributed by atoms with Crippen molar-refractivity contribution >= 4 is 76.7 Å². The first-order valence-corrected chi connectivity index (χ1v) is 35.4. The largest absolute Gasteiger partial charge is 0.391 e. The minimum absolute atomic E-state index is 0.0550. The van der Waals surface area contributed by atoms with Gasteiger partial charge in [0, 0.05) is 66.0 Å². The summed E-state index contributed by atoms with van der Waals surface area (Å²) in [6.07, 6.45) is 1.59. The molecule has 99 heavy (non-hydrogen) atoms. The van der Waals surface area contributed by atoms with Crippen LogP contribution in [0.15, 0.2) is 60.7 Å². The Labute approximate surface area is 584 Å². The number of Topliss-reactive ketones (excluding diaryl/α,β-unsaturated/α-hetero) is 1. The Balaban J connectivity index is 1.59. The highest BCUT2D eigenvalue weighted by Crippen LogP contribution is 2.36. The fraction of sp³-hybridized carbons (Fsp3) is 0.658. The Morgan fingerprint density at radius 2 is 1.01 bits per heavy atom. The average Bonchev–Trinajstić information content (AvgIpc) is 1.80. The molecule has 1 aliphatic carbocycles. The van der Waals surface area contributed by atoms with Crippen LogP contribution in [0.5, 0.6) is 0 Å². The predicted octanol–water partition coefficient (Wildman–Crippen LogP) is 2.81. The normalized spacial score (nSPS) is 27.6. The van der Waals surface area contributed by atoms with E-state index < -0.39 is 174 Å². The van der Waals surface area contributed by atoms with Gasteiger partial charge in [-0.25, -0.2) is 0 Å². The number of piperidine rings is 1. The second-order valence-electron chi connectivity index (χ2n) is 28.8. The minimum atomic E-state index is -1.70. The number of carbonyl (C=O) groups is 13. The lowest BCUT2D eigenvalue weighted by molar-refractivity contribution is -0.151. The second-order valence-corrected chi connectivity index (χ2v) is 28.8. The number of nitrogens with zero attached hydrogens (tertiary/aromatic N) is 5. The van der Waals surface area contributed by atoms with Crippen molar-refractivity contribution in [3.63, 3.8) is 0 Å². The van der Waals surface area contributed by atoms with Crippen molar-refractivity contribution < 1.29 is 67.4 Å². The van der Waals surface area contributed by atoms with Crippen LogP contribution in [0.3, 0.4) is 0 Å². The summed E-state index contributed by atoms with van der Waals surface area (Å²) in [5, 5.41) is 30.1. The minimum Gasteiger partial charge on any atom is -0.391 e. The van der Waals surface area contributed by atoms with E-state index in [9.17, 15) is 53.1 Å². The highest BCUT2D eigenvalue weighted by molar-refractivity contribution is 6.01. The van der Waals surface area contributed by atoms with Crippen LogP contribution in [-0.2, 0) is 75.2 Å². The quantitative estimate of drug-likeness (QED) is 0.135. The molecule has 0 spiro atoms. The molecule has 14 atom stereocenters. The van der Waals surface area contributed by atoms with E-state index in [-0.39, 0.29) is 62.7 Å². The molecule has 1 saturated carbocycles. The van der Waals surface area contributed by atoms with Crippen LogP contribution in [0, 0.1) is 35.5 Å². The topological polar surface area (TPSA) is 343 Å². The Hall–Kier alpha value is -8.29. The Bertz CT molecular complexity index is 3120. The van der Waals surface area contributed by atoms with E-state index in [0.717, 1.165) is 11.3 Å². The van der Waals surface area contributed by atoms with Gasteiger partial charge in [-0.1, -0.05) is 129 Å². The van der Waals surface area contributed by atoms with Crippen molar-refractivity contribution in [1.82, 2.24) is 61.7 Å². The van der Waals surface area contributed by atoms with E-state index in [2.05, 4.69) is 37.2 Å². The zero-order valence-electron chi connectivity index (χ0n) is 60.9. The second kappa shape index (κ2) is 38.3. The zero-order chi connectivity index (χ0) is 73.7. The molecule has 8 N–H and O–H groups in total. The zero-order valence-corrected chi connectivity index (χ0v) is 60.9. The first kappa shape index (κ1) is 81.4. The molecule has 26 nitrogen and oxygen atoms in total. The number of likely N-dealkylation sites (N-methyl/N-ethyl adjacent to an activating group) is 4. The molecule has 0 radical (unpaired) electrons. The Morgan fingerprint density at radius 1 is 0.505 bits per heavy atom. The van der Waals surface area contributed by atoms with Crippen LogP contribution >= 0.6 is 0 Å². The molecule has 0 aromatic heterocycles. The average molecular weight is 1380 g/mol. The van der Waals surface area contributed by atoms with Crippen molar-refractivity contribution in [3.8, 4) is 0 Å². The smallest absolute Gasteiger partial charge is 0.246 e. The molecule has 2 aromatic carbocycles.